The van der Waals surface area contributed by atoms with E-state index in [2.05, 4.69) is 0 Å². The molecule has 1 aromatic rings. The molecule has 2 nitrogen and oxygen atoms in total. The predicted molar refractivity (Wildman–Crippen MR) is 54.8 cm³/mol. The number of carboxylic acid groups (broad SMARTS) is 1. The molecule has 80 valence electrons. The van der Waals surface area contributed by atoms with Crippen LogP contribution in [0.3, 0.4) is 0 Å². The Hall–Kier alpha value is 0.260. The zero-order valence-corrected chi connectivity index (χ0v) is 12.3. The van der Waals surface area contributed by atoms with Crippen LogP contribution in [0.2, 0.25) is 5.02 Å². The van der Waals surface area contributed by atoms with Crippen molar-refractivity contribution < 1.29 is 43.8 Å². The monoisotopic (exact) mass is 268 g/mol. The maximum atomic E-state index is 13.5. The van der Waals surface area contributed by atoms with Crippen molar-refractivity contribution in [1.29, 1.82) is 0 Å². The molecule has 0 N–H and O–H groups in total. The maximum absolute atomic E-state index is 13.5. The molecule has 0 amide bonds. The largest absolute Gasteiger partial charge is 1.00 e. The summed E-state index contributed by atoms with van der Waals surface area (Å²) in [5.74, 6) is -1.58. The summed E-state index contributed by atoms with van der Waals surface area (Å²) >= 11 is 6.97. The molecule has 0 unspecified atom stereocenters. The van der Waals surface area contributed by atoms with Crippen molar-refractivity contribution in [2.75, 3.05) is 5.75 Å². The number of fused-ring (bicyclic) bond motifs is 1. The maximum Gasteiger partial charge on any atom is 1.00 e. The number of rotatable bonds is 1. The van der Waals surface area contributed by atoms with E-state index < -0.39 is 11.8 Å². The van der Waals surface area contributed by atoms with Gasteiger partial charge in [-0.15, -0.1) is 11.8 Å². The second-order valence-corrected chi connectivity index (χ2v) is 4.79. The molecular weight excluding hydrogens is 262 g/mol. The first-order valence-corrected chi connectivity index (χ1v) is 5.82. The molecule has 0 aromatic heterocycles. The number of carboxylic acids is 1. The van der Waals surface area contributed by atoms with E-state index in [9.17, 15) is 14.3 Å². The van der Waals surface area contributed by atoms with Gasteiger partial charge in [0.2, 0.25) is 0 Å². The summed E-state index contributed by atoms with van der Waals surface area (Å²) in [6.45, 7) is 0. The number of carbonyl (C=O) groups excluding carboxylic acids is 1. The molecule has 0 saturated carbocycles. The van der Waals surface area contributed by atoms with Gasteiger partial charge in [-0.05, 0) is 30.2 Å². The number of hydrogen-bond acceptors (Lipinski definition) is 3. The third kappa shape index (κ3) is 2.57. The van der Waals surface area contributed by atoms with Gasteiger partial charge in [-0.1, -0.05) is 11.6 Å². The summed E-state index contributed by atoms with van der Waals surface area (Å²) in [4.78, 5) is 11.3. The first kappa shape index (κ1) is 14.3. The zero-order chi connectivity index (χ0) is 11.0. The van der Waals surface area contributed by atoms with Gasteiger partial charge in [0.15, 0.2) is 5.82 Å². The van der Waals surface area contributed by atoms with Crippen LogP contribution in [0, 0.1) is 5.82 Å². The average Bonchev–Trinajstić information content (AvgIpc) is 2.19. The van der Waals surface area contributed by atoms with Gasteiger partial charge < -0.3 is 9.90 Å². The van der Waals surface area contributed by atoms with Crippen LogP contribution in [-0.2, 0) is 6.42 Å². The number of aromatic carboxylic acids is 1. The fourth-order valence-corrected chi connectivity index (χ4v) is 3.01. The molecule has 0 fully saturated rings. The summed E-state index contributed by atoms with van der Waals surface area (Å²) in [5, 5.41) is 10.7. The van der Waals surface area contributed by atoms with Crippen LogP contribution in [0.25, 0.3) is 0 Å². The standard InChI is InChI=1S/C10H8ClFO2S.Na/c11-6-4-5-2-1-3-15-9(5)7(8(6)12)10(13)14;/h4H,1-3H2,(H,13,14);/q;+1/p-1. The number of thioether (sulfide) groups is 1. The number of carbonyl (C=O) groups is 1. The molecule has 0 saturated heterocycles. The molecule has 0 aliphatic carbocycles. The second-order valence-electron chi connectivity index (χ2n) is 3.28. The van der Waals surface area contributed by atoms with E-state index in [1.54, 1.807) is 0 Å². The zero-order valence-electron chi connectivity index (χ0n) is 8.68. The molecule has 0 spiro atoms. The first-order chi connectivity index (χ1) is 7.11. The molecule has 1 heterocycles. The van der Waals surface area contributed by atoms with Crippen LogP contribution in [0.1, 0.15) is 22.3 Å². The number of halogens is 2. The average molecular weight is 269 g/mol. The Labute approximate surface area is 124 Å². The number of aryl methyl sites for hydroxylation is 1. The Kier molecular flexibility index (Phi) is 5.13. The predicted octanol–water partition coefficient (Wildman–Crippen LogP) is -1.12. The van der Waals surface area contributed by atoms with Gasteiger partial charge in [-0.2, -0.15) is 0 Å². The first-order valence-electron chi connectivity index (χ1n) is 4.46. The van der Waals surface area contributed by atoms with Crippen molar-refractivity contribution in [2.24, 2.45) is 0 Å². The minimum atomic E-state index is -1.50. The smallest absolute Gasteiger partial charge is 0.545 e. The second kappa shape index (κ2) is 5.74. The van der Waals surface area contributed by atoms with Crippen LogP contribution in [0.15, 0.2) is 11.0 Å². The van der Waals surface area contributed by atoms with Gasteiger partial charge in [0.25, 0.3) is 0 Å². The molecular formula is C10H7ClFNaO2S. The van der Waals surface area contributed by atoms with Crippen LogP contribution in [0.4, 0.5) is 4.39 Å². The van der Waals surface area contributed by atoms with E-state index in [1.807, 2.05) is 0 Å². The quantitative estimate of drug-likeness (QED) is 0.606. The fraction of sp³-hybridized carbons (Fsp3) is 0.300. The van der Waals surface area contributed by atoms with Crippen LogP contribution in [0.5, 0.6) is 0 Å². The van der Waals surface area contributed by atoms with E-state index in [0.717, 1.165) is 24.2 Å². The van der Waals surface area contributed by atoms with Crippen molar-refractivity contribution in [3.63, 3.8) is 0 Å². The van der Waals surface area contributed by atoms with Gasteiger partial charge in [0.05, 0.1) is 11.0 Å². The third-order valence-electron chi connectivity index (χ3n) is 2.29. The number of benzene rings is 1. The van der Waals surface area contributed by atoms with Crippen molar-refractivity contribution in [1.82, 2.24) is 0 Å². The normalized spacial score (nSPS) is 13.9. The fourth-order valence-electron chi connectivity index (χ4n) is 1.63. The molecule has 2 rings (SSSR count). The molecule has 1 aliphatic heterocycles. The van der Waals surface area contributed by atoms with Crippen LogP contribution < -0.4 is 34.7 Å². The summed E-state index contributed by atoms with van der Waals surface area (Å²) < 4.78 is 13.5. The van der Waals surface area contributed by atoms with E-state index in [4.69, 9.17) is 11.6 Å². The Bertz CT molecular complexity index is 439. The van der Waals surface area contributed by atoms with Crippen molar-refractivity contribution in [3.8, 4) is 0 Å². The van der Waals surface area contributed by atoms with Crippen molar-refractivity contribution in [3.05, 3.63) is 28.0 Å². The minimum absolute atomic E-state index is 0. The summed E-state index contributed by atoms with van der Waals surface area (Å²) in [5.41, 5.74) is 0.416. The molecule has 1 aliphatic rings. The van der Waals surface area contributed by atoms with E-state index in [1.165, 1.54) is 17.8 Å². The Balaban J connectivity index is 0.00000128. The van der Waals surface area contributed by atoms with E-state index in [0.29, 0.717) is 4.90 Å². The van der Waals surface area contributed by atoms with Crippen LogP contribution in [-0.4, -0.2) is 11.7 Å². The Morgan fingerprint density at radius 1 is 1.56 bits per heavy atom. The SMILES string of the molecule is O=C([O-])c1c(F)c(Cl)cc2c1SCCC2.[Na+]. The van der Waals surface area contributed by atoms with Gasteiger partial charge >= 0.3 is 29.6 Å². The Morgan fingerprint density at radius 2 is 2.25 bits per heavy atom. The van der Waals surface area contributed by atoms with E-state index in [-0.39, 0.29) is 40.1 Å². The molecule has 0 radical (unpaired) electrons. The van der Waals surface area contributed by atoms with Gasteiger partial charge in [-0.3, -0.25) is 0 Å². The van der Waals surface area contributed by atoms with E-state index >= 15 is 0 Å². The molecule has 16 heavy (non-hydrogen) atoms. The van der Waals surface area contributed by atoms with Crippen molar-refractivity contribution in [2.45, 2.75) is 17.7 Å². The molecule has 0 bridgehead atoms. The topological polar surface area (TPSA) is 40.1 Å². The molecule has 1 aromatic carbocycles. The summed E-state index contributed by atoms with van der Waals surface area (Å²) in [6, 6.07) is 1.50. The summed E-state index contributed by atoms with van der Waals surface area (Å²) in [6.07, 6.45) is 1.69. The summed E-state index contributed by atoms with van der Waals surface area (Å²) in [7, 11) is 0. The molecule has 6 heteroatoms. The van der Waals surface area contributed by atoms with Crippen molar-refractivity contribution >= 4 is 29.3 Å². The van der Waals surface area contributed by atoms with Gasteiger partial charge in [-0.25, -0.2) is 4.39 Å². The molecule has 0 atom stereocenters. The number of hydrogen-bond donors (Lipinski definition) is 0. The van der Waals surface area contributed by atoms with Gasteiger partial charge in [0.1, 0.15) is 0 Å². The van der Waals surface area contributed by atoms with Crippen LogP contribution >= 0.6 is 23.4 Å². The third-order valence-corrected chi connectivity index (χ3v) is 3.81. The minimum Gasteiger partial charge on any atom is -0.545 e. The van der Waals surface area contributed by atoms with Gasteiger partial charge in [0, 0.05) is 10.5 Å². The Morgan fingerprint density at radius 3 is 2.88 bits per heavy atom.